The molecule has 1 aromatic carbocycles. The number of benzene rings is 1. The minimum Gasteiger partial charge on any atom is -0.399 e. The van der Waals surface area contributed by atoms with Crippen LogP contribution in [-0.2, 0) is 4.79 Å². The second-order valence-electron chi connectivity index (χ2n) is 3.62. The summed E-state index contributed by atoms with van der Waals surface area (Å²) in [5, 5.41) is 0.835. The van der Waals surface area contributed by atoms with Gasteiger partial charge in [-0.05, 0) is 25.1 Å². The van der Waals surface area contributed by atoms with Crippen molar-refractivity contribution < 1.29 is 4.79 Å². The molecule has 84 valence electrons. The van der Waals surface area contributed by atoms with Crippen molar-refractivity contribution in [2.45, 2.75) is 18.5 Å². The lowest BCUT2D eigenvalue weighted by Crippen LogP contribution is -1.91. The molecule has 0 aliphatic rings. The van der Waals surface area contributed by atoms with Gasteiger partial charge in [-0.2, -0.15) is 0 Å². The average Bonchev–Trinajstić information content (AvgIpc) is 2.58. The Labute approximate surface area is 97.6 Å². The predicted octanol–water partition coefficient (Wildman–Crippen LogP) is 2.22. The summed E-state index contributed by atoms with van der Waals surface area (Å²) in [5.41, 5.74) is 8.23. The van der Waals surface area contributed by atoms with E-state index in [9.17, 15) is 4.79 Å². The van der Waals surface area contributed by atoms with Crippen LogP contribution in [0.2, 0.25) is 0 Å². The first kappa shape index (κ1) is 11.0. The molecule has 0 amide bonds. The Kier molecular flexibility index (Phi) is 3.14. The van der Waals surface area contributed by atoms with Crippen molar-refractivity contribution in [1.82, 2.24) is 9.97 Å². The summed E-state index contributed by atoms with van der Waals surface area (Å²) in [6, 6.07) is 5.57. The highest BCUT2D eigenvalue weighted by Gasteiger charge is 2.03. The van der Waals surface area contributed by atoms with Gasteiger partial charge in [0.15, 0.2) is 5.16 Å². The van der Waals surface area contributed by atoms with E-state index in [1.807, 2.05) is 18.2 Å². The molecule has 0 unspecified atom stereocenters. The van der Waals surface area contributed by atoms with Crippen molar-refractivity contribution in [2.24, 2.45) is 0 Å². The number of rotatable bonds is 4. The van der Waals surface area contributed by atoms with Gasteiger partial charge in [-0.1, -0.05) is 11.8 Å². The first-order chi connectivity index (χ1) is 7.65. The minimum absolute atomic E-state index is 0.202. The molecule has 0 atom stereocenters. The van der Waals surface area contributed by atoms with Crippen LogP contribution in [0, 0.1) is 0 Å². The number of aromatic amines is 1. The number of fused-ring (bicyclic) bond motifs is 1. The summed E-state index contributed by atoms with van der Waals surface area (Å²) in [4.78, 5) is 18.4. The van der Waals surface area contributed by atoms with Crippen LogP contribution in [0.15, 0.2) is 23.4 Å². The van der Waals surface area contributed by atoms with Gasteiger partial charge in [0, 0.05) is 17.9 Å². The molecule has 0 aliphatic carbocycles. The Morgan fingerprint density at radius 2 is 2.38 bits per heavy atom. The first-order valence-electron chi connectivity index (χ1n) is 5.02. The van der Waals surface area contributed by atoms with Crippen LogP contribution in [0.25, 0.3) is 11.0 Å². The van der Waals surface area contributed by atoms with E-state index < -0.39 is 0 Å². The lowest BCUT2D eigenvalue weighted by atomic mass is 10.3. The Balaban J connectivity index is 2.10. The van der Waals surface area contributed by atoms with Crippen molar-refractivity contribution in [3.05, 3.63) is 18.2 Å². The van der Waals surface area contributed by atoms with Crippen LogP contribution < -0.4 is 5.73 Å². The number of nitrogen functional groups attached to an aromatic ring is 1. The van der Waals surface area contributed by atoms with E-state index >= 15 is 0 Å². The Bertz CT molecular complexity index is 521. The summed E-state index contributed by atoms with van der Waals surface area (Å²) in [6.45, 7) is 1.60. The molecule has 0 fully saturated rings. The third-order valence-electron chi connectivity index (χ3n) is 2.18. The molecule has 2 aromatic rings. The maximum absolute atomic E-state index is 10.8. The van der Waals surface area contributed by atoms with E-state index in [1.54, 1.807) is 18.7 Å². The lowest BCUT2D eigenvalue weighted by Gasteiger charge is -1.93. The predicted molar refractivity (Wildman–Crippen MR) is 66.5 cm³/mol. The number of anilines is 1. The third kappa shape index (κ3) is 2.55. The van der Waals surface area contributed by atoms with Gasteiger partial charge in [0.25, 0.3) is 0 Å². The zero-order valence-electron chi connectivity index (χ0n) is 8.99. The number of hydrogen-bond acceptors (Lipinski definition) is 4. The van der Waals surface area contributed by atoms with Crippen molar-refractivity contribution >= 4 is 34.3 Å². The highest BCUT2D eigenvalue weighted by molar-refractivity contribution is 7.99. The van der Waals surface area contributed by atoms with Crippen LogP contribution in [0.3, 0.4) is 0 Å². The van der Waals surface area contributed by atoms with Crippen LogP contribution in [0.4, 0.5) is 5.69 Å². The van der Waals surface area contributed by atoms with Gasteiger partial charge in [-0.25, -0.2) is 4.98 Å². The molecular formula is C11H13N3OS. The molecule has 3 N–H and O–H groups in total. The summed E-state index contributed by atoms with van der Waals surface area (Å²) >= 11 is 1.55. The minimum atomic E-state index is 0.202. The van der Waals surface area contributed by atoms with E-state index in [2.05, 4.69) is 9.97 Å². The monoisotopic (exact) mass is 235 g/mol. The van der Waals surface area contributed by atoms with Gasteiger partial charge in [-0.3, -0.25) is 4.79 Å². The molecule has 16 heavy (non-hydrogen) atoms. The number of H-pyrrole nitrogens is 1. The smallest absolute Gasteiger partial charge is 0.166 e. The second kappa shape index (κ2) is 4.57. The van der Waals surface area contributed by atoms with Crippen molar-refractivity contribution in [3.8, 4) is 0 Å². The first-order valence-corrected chi connectivity index (χ1v) is 6.01. The standard InChI is InChI=1S/C11H13N3OS/c1-7(15)4-5-16-11-13-9-3-2-8(12)6-10(9)14-11/h2-3,6H,4-5,12H2,1H3,(H,13,14). The molecule has 1 aromatic heterocycles. The van der Waals surface area contributed by atoms with Crippen LogP contribution in [0.5, 0.6) is 0 Å². The van der Waals surface area contributed by atoms with Gasteiger partial charge >= 0.3 is 0 Å². The Morgan fingerprint density at radius 3 is 3.12 bits per heavy atom. The molecule has 0 saturated heterocycles. The SMILES string of the molecule is CC(=O)CCSc1nc2ccc(N)cc2[nH]1. The number of nitrogens with zero attached hydrogens (tertiary/aromatic N) is 1. The number of imidazole rings is 1. The summed E-state index contributed by atoms with van der Waals surface area (Å²) in [6.07, 6.45) is 0.573. The number of carbonyl (C=O) groups is 1. The lowest BCUT2D eigenvalue weighted by molar-refractivity contribution is -0.116. The van der Waals surface area contributed by atoms with Gasteiger partial charge in [0.05, 0.1) is 11.0 Å². The fourth-order valence-corrected chi connectivity index (χ4v) is 2.29. The normalized spacial score (nSPS) is 10.8. The Morgan fingerprint density at radius 1 is 1.56 bits per heavy atom. The molecule has 0 saturated carbocycles. The van der Waals surface area contributed by atoms with Gasteiger partial charge < -0.3 is 10.7 Å². The van der Waals surface area contributed by atoms with Gasteiger partial charge in [-0.15, -0.1) is 0 Å². The summed E-state index contributed by atoms with van der Waals surface area (Å²) in [7, 11) is 0. The fourth-order valence-electron chi connectivity index (χ4n) is 1.36. The molecule has 5 heteroatoms. The number of hydrogen-bond donors (Lipinski definition) is 2. The Hall–Kier alpha value is -1.49. The number of aromatic nitrogens is 2. The number of carbonyl (C=O) groups excluding carboxylic acids is 1. The molecule has 1 heterocycles. The summed E-state index contributed by atoms with van der Waals surface area (Å²) in [5.74, 6) is 0.956. The van der Waals surface area contributed by atoms with Crippen LogP contribution in [0.1, 0.15) is 13.3 Å². The number of Topliss-reactive ketones (excluding diaryl/α,β-unsaturated/α-hetero) is 1. The quantitative estimate of drug-likeness (QED) is 0.629. The zero-order chi connectivity index (χ0) is 11.5. The summed E-state index contributed by atoms with van der Waals surface area (Å²) < 4.78 is 0. The van der Waals surface area contributed by atoms with E-state index in [0.29, 0.717) is 6.42 Å². The van der Waals surface area contributed by atoms with E-state index in [4.69, 9.17) is 5.73 Å². The number of nitrogens with one attached hydrogen (secondary N) is 1. The molecule has 4 nitrogen and oxygen atoms in total. The number of ketones is 1. The van der Waals surface area contributed by atoms with Gasteiger partial charge in [0.1, 0.15) is 5.78 Å². The number of nitrogens with two attached hydrogens (primary N) is 1. The highest BCUT2D eigenvalue weighted by atomic mass is 32.2. The fraction of sp³-hybridized carbons (Fsp3) is 0.273. The van der Waals surface area contributed by atoms with Crippen LogP contribution in [-0.4, -0.2) is 21.5 Å². The van der Waals surface area contributed by atoms with Crippen LogP contribution >= 0.6 is 11.8 Å². The molecule has 0 spiro atoms. The topological polar surface area (TPSA) is 71.8 Å². The largest absolute Gasteiger partial charge is 0.399 e. The van der Waals surface area contributed by atoms with E-state index in [-0.39, 0.29) is 5.78 Å². The molecule has 0 bridgehead atoms. The second-order valence-corrected chi connectivity index (χ2v) is 4.70. The molecular weight excluding hydrogens is 222 g/mol. The van der Waals surface area contributed by atoms with Crippen molar-refractivity contribution in [1.29, 1.82) is 0 Å². The van der Waals surface area contributed by atoms with E-state index in [1.165, 1.54) is 0 Å². The zero-order valence-corrected chi connectivity index (χ0v) is 9.80. The highest BCUT2D eigenvalue weighted by Crippen LogP contribution is 2.21. The van der Waals surface area contributed by atoms with E-state index in [0.717, 1.165) is 27.6 Å². The maximum atomic E-state index is 10.8. The third-order valence-corrected chi connectivity index (χ3v) is 3.05. The van der Waals surface area contributed by atoms with Crippen molar-refractivity contribution in [2.75, 3.05) is 11.5 Å². The van der Waals surface area contributed by atoms with Crippen molar-refractivity contribution in [3.63, 3.8) is 0 Å². The maximum Gasteiger partial charge on any atom is 0.166 e. The molecule has 0 aliphatic heterocycles. The number of thioether (sulfide) groups is 1. The molecule has 2 rings (SSSR count). The molecule has 0 radical (unpaired) electrons. The van der Waals surface area contributed by atoms with Gasteiger partial charge in [0.2, 0.25) is 0 Å². The average molecular weight is 235 g/mol.